The molecule has 6 heteroatoms. The molecule has 0 saturated heterocycles. The number of hydrogen-bond donors (Lipinski definition) is 1. The molecule has 0 aliphatic rings. The van der Waals surface area contributed by atoms with Crippen molar-refractivity contribution in [2.24, 2.45) is 0 Å². The molecule has 0 aliphatic carbocycles. The van der Waals surface area contributed by atoms with Gasteiger partial charge in [-0.2, -0.15) is 11.8 Å². The zero-order valence-electron chi connectivity index (χ0n) is 8.46. The Balaban J connectivity index is 2.72. The van der Waals surface area contributed by atoms with Crippen molar-refractivity contribution in [3.05, 3.63) is 31.5 Å². The standard InChI is InChI=1S/C9H13BrN2O2S/c1-2-15-5-3-4-12-8(13)7(10)6-11-9(12)14/h6H,2-5H2,1H3,(H,11,14). The Kier molecular flexibility index (Phi) is 5.17. The van der Waals surface area contributed by atoms with Gasteiger partial charge in [0.2, 0.25) is 0 Å². The molecular weight excluding hydrogens is 280 g/mol. The lowest BCUT2D eigenvalue weighted by atomic mass is 10.4. The lowest BCUT2D eigenvalue weighted by Gasteiger charge is -2.03. The number of H-pyrrole nitrogens is 1. The highest BCUT2D eigenvalue weighted by atomic mass is 79.9. The van der Waals surface area contributed by atoms with Gasteiger partial charge in [0.1, 0.15) is 0 Å². The van der Waals surface area contributed by atoms with Crippen LogP contribution in [0.25, 0.3) is 0 Å². The zero-order valence-corrected chi connectivity index (χ0v) is 10.9. The quantitative estimate of drug-likeness (QED) is 0.836. The first-order valence-electron chi connectivity index (χ1n) is 4.72. The number of aromatic nitrogens is 2. The van der Waals surface area contributed by atoms with Crippen LogP contribution in [-0.4, -0.2) is 21.1 Å². The van der Waals surface area contributed by atoms with Crippen LogP contribution in [0.5, 0.6) is 0 Å². The van der Waals surface area contributed by atoms with E-state index in [1.54, 1.807) is 11.8 Å². The fraction of sp³-hybridized carbons (Fsp3) is 0.556. The SMILES string of the molecule is CCSCCCn1c(=O)[nH]cc(Br)c1=O. The molecule has 0 aromatic carbocycles. The van der Waals surface area contributed by atoms with E-state index < -0.39 is 0 Å². The predicted octanol–water partition coefficient (Wildman–Crippen LogP) is 1.44. The van der Waals surface area contributed by atoms with Crippen molar-refractivity contribution in [2.75, 3.05) is 11.5 Å². The van der Waals surface area contributed by atoms with Crippen LogP contribution in [0.3, 0.4) is 0 Å². The minimum absolute atomic E-state index is 0.264. The molecule has 15 heavy (non-hydrogen) atoms. The molecule has 0 spiro atoms. The molecule has 1 rings (SSSR count). The number of aromatic amines is 1. The van der Waals surface area contributed by atoms with E-state index in [-0.39, 0.29) is 11.2 Å². The highest BCUT2D eigenvalue weighted by Gasteiger charge is 2.03. The van der Waals surface area contributed by atoms with Crippen molar-refractivity contribution in [1.82, 2.24) is 9.55 Å². The largest absolute Gasteiger partial charge is 0.328 e. The van der Waals surface area contributed by atoms with Crippen LogP contribution < -0.4 is 11.2 Å². The number of rotatable bonds is 5. The maximum absolute atomic E-state index is 11.5. The molecule has 0 bridgehead atoms. The molecule has 1 heterocycles. The van der Waals surface area contributed by atoms with Gasteiger partial charge in [0.25, 0.3) is 5.56 Å². The summed E-state index contributed by atoms with van der Waals surface area (Å²) in [5, 5.41) is 0. The van der Waals surface area contributed by atoms with Crippen LogP contribution in [0.1, 0.15) is 13.3 Å². The average molecular weight is 293 g/mol. The highest BCUT2D eigenvalue weighted by molar-refractivity contribution is 9.10. The second kappa shape index (κ2) is 6.17. The zero-order chi connectivity index (χ0) is 11.3. The number of nitrogens with one attached hydrogen (secondary N) is 1. The maximum atomic E-state index is 11.5. The van der Waals surface area contributed by atoms with Crippen LogP contribution in [-0.2, 0) is 6.54 Å². The molecule has 0 radical (unpaired) electrons. The Labute approximate surface area is 100 Å². The molecule has 0 unspecified atom stereocenters. The molecule has 0 saturated carbocycles. The van der Waals surface area contributed by atoms with Crippen molar-refractivity contribution >= 4 is 27.7 Å². The van der Waals surface area contributed by atoms with E-state index in [4.69, 9.17) is 0 Å². The first-order valence-corrected chi connectivity index (χ1v) is 6.67. The topological polar surface area (TPSA) is 54.9 Å². The molecule has 0 aliphatic heterocycles. The summed E-state index contributed by atoms with van der Waals surface area (Å²) in [4.78, 5) is 25.4. The van der Waals surface area contributed by atoms with E-state index in [1.807, 2.05) is 0 Å². The van der Waals surface area contributed by atoms with Crippen LogP contribution in [0.4, 0.5) is 0 Å². The van der Waals surface area contributed by atoms with Crippen molar-refractivity contribution in [1.29, 1.82) is 0 Å². The minimum atomic E-state index is -0.343. The van der Waals surface area contributed by atoms with Gasteiger partial charge in [-0.05, 0) is 33.9 Å². The summed E-state index contributed by atoms with van der Waals surface area (Å²) in [6.45, 7) is 2.56. The van der Waals surface area contributed by atoms with Gasteiger partial charge in [0.05, 0.1) is 4.47 Å². The summed E-state index contributed by atoms with van der Waals surface area (Å²) in [6.07, 6.45) is 2.21. The molecule has 1 N–H and O–H groups in total. The number of halogens is 1. The van der Waals surface area contributed by atoms with Crippen molar-refractivity contribution < 1.29 is 0 Å². The third-order valence-electron chi connectivity index (χ3n) is 1.89. The Bertz CT molecular complexity index is 427. The summed E-state index contributed by atoms with van der Waals surface area (Å²) in [7, 11) is 0. The predicted molar refractivity (Wildman–Crippen MR) is 66.6 cm³/mol. The number of nitrogens with zero attached hydrogens (tertiary/aromatic N) is 1. The third-order valence-corrected chi connectivity index (χ3v) is 3.45. The van der Waals surface area contributed by atoms with Crippen molar-refractivity contribution in [2.45, 2.75) is 19.9 Å². The lowest BCUT2D eigenvalue weighted by molar-refractivity contribution is 0.615. The van der Waals surface area contributed by atoms with Gasteiger partial charge >= 0.3 is 5.69 Å². The van der Waals surface area contributed by atoms with E-state index in [2.05, 4.69) is 27.8 Å². The minimum Gasteiger partial charge on any atom is -0.313 e. The Morgan fingerprint density at radius 3 is 2.93 bits per heavy atom. The van der Waals surface area contributed by atoms with E-state index >= 15 is 0 Å². The highest BCUT2D eigenvalue weighted by Crippen LogP contribution is 2.02. The summed E-state index contributed by atoms with van der Waals surface area (Å²) in [6, 6.07) is 0. The Morgan fingerprint density at radius 1 is 1.53 bits per heavy atom. The van der Waals surface area contributed by atoms with Crippen molar-refractivity contribution in [3.8, 4) is 0 Å². The molecule has 1 aromatic heterocycles. The van der Waals surface area contributed by atoms with Crippen LogP contribution in [0.15, 0.2) is 20.3 Å². The molecule has 0 amide bonds. The second-order valence-corrected chi connectivity index (χ2v) is 5.20. The molecule has 4 nitrogen and oxygen atoms in total. The number of hydrogen-bond acceptors (Lipinski definition) is 3. The van der Waals surface area contributed by atoms with Crippen molar-refractivity contribution in [3.63, 3.8) is 0 Å². The van der Waals surface area contributed by atoms with E-state index in [9.17, 15) is 9.59 Å². The smallest absolute Gasteiger partial charge is 0.313 e. The van der Waals surface area contributed by atoms with Gasteiger partial charge in [-0.25, -0.2) is 4.79 Å². The summed E-state index contributed by atoms with van der Waals surface area (Å²) < 4.78 is 1.62. The Hall–Kier alpha value is -0.490. The summed E-state index contributed by atoms with van der Waals surface area (Å²) in [5.74, 6) is 2.03. The molecule has 1 aromatic rings. The molecule has 0 atom stereocenters. The lowest BCUT2D eigenvalue weighted by Crippen LogP contribution is -2.35. The van der Waals surface area contributed by atoms with Crippen LogP contribution in [0.2, 0.25) is 0 Å². The van der Waals surface area contributed by atoms with Crippen LogP contribution in [0, 0.1) is 0 Å². The first kappa shape index (κ1) is 12.6. The van der Waals surface area contributed by atoms with E-state index in [0.29, 0.717) is 11.0 Å². The number of thioether (sulfide) groups is 1. The fourth-order valence-electron chi connectivity index (χ4n) is 1.16. The van der Waals surface area contributed by atoms with Gasteiger partial charge in [0, 0.05) is 12.7 Å². The normalized spacial score (nSPS) is 10.5. The van der Waals surface area contributed by atoms with E-state index in [0.717, 1.165) is 17.9 Å². The van der Waals surface area contributed by atoms with Gasteiger partial charge in [0.15, 0.2) is 0 Å². The monoisotopic (exact) mass is 292 g/mol. The molecule has 0 fully saturated rings. The first-order chi connectivity index (χ1) is 7.16. The van der Waals surface area contributed by atoms with Gasteiger partial charge < -0.3 is 4.98 Å². The van der Waals surface area contributed by atoms with E-state index in [1.165, 1.54) is 10.8 Å². The second-order valence-electron chi connectivity index (χ2n) is 2.95. The van der Waals surface area contributed by atoms with Crippen LogP contribution >= 0.6 is 27.7 Å². The Morgan fingerprint density at radius 2 is 2.27 bits per heavy atom. The summed E-state index contributed by atoms with van der Waals surface area (Å²) >= 11 is 4.90. The molecule has 84 valence electrons. The van der Waals surface area contributed by atoms with Gasteiger partial charge in [-0.3, -0.25) is 9.36 Å². The molecular formula is C9H13BrN2O2S. The maximum Gasteiger partial charge on any atom is 0.328 e. The fourth-order valence-corrected chi connectivity index (χ4v) is 2.11. The third kappa shape index (κ3) is 3.53. The van der Waals surface area contributed by atoms with Gasteiger partial charge in [-0.1, -0.05) is 6.92 Å². The summed E-state index contributed by atoms with van der Waals surface area (Å²) in [5.41, 5.74) is -0.607. The van der Waals surface area contributed by atoms with Gasteiger partial charge in [-0.15, -0.1) is 0 Å². The average Bonchev–Trinajstić information content (AvgIpc) is 2.23.